The minimum absolute atomic E-state index is 0.159. The summed E-state index contributed by atoms with van der Waals surface area (Å²) in [6.45, 7) is 4.79. The number of fused-ring (bicyclic) bond motifs is 10. The summed E-state index contributed by atoms with van der Waals surface area (Å²) in [6, 6.07) is 91.4. The quantitative estimate of drug-likeness (QED) is 0.159. The fourth-order valence-corrected chi connectivity index (χ4v) is 12.9. The molecule has 0 aromatic heterocycles. The van der Waals surface area contributed by atoms with E-state index in [9.17, 15) is 0 Å². The van der Waals surface area contributed by atoms with Crippen molar-refractivity contribution in [2.75, 3.05) is 9.80 Å². The van der Waals surface area contributed by atoms with Gasteiger partial charge in [-0.25, -0.2) is 0 Å². The normalized spacial score (nSPS) is 13.8. The Bertz CT molecular complexity index is 4160. The Hall–Kier alpha value is -8.98. The van der Waals surface area contributed by atoms with E-state index in [-0.39, 0.29) is 5.41 Å². The maximum atomic E-state index is 2.52. The van der Waals surface area contributed by atoms with E-state index in [4.69, 9.17) is 0 Å². The van der Waals surface area contributed by atoms with Crippen LogP contribution in [0.5, 0.6) is 0 Å². The highest BCUT2D eigenvalue weighted by Gasteiger charge is 2.36. The van der Waals surface area contributed by atoms with Gasteiger partial charge in [0.05, 0.1) is 0 Å². The number of anilines is 6. The number of rotatable bonds is 5. The maximum absolute atomic E-state index is 2.52. The first kappa shape index (κ1) is 41.8. The van der Waals surface area contributed by atoms with Gasteiger partial charge in [-0.2, -0.15) is 0 Å². The molecule has 0 atom stereocenters. The third-order valence-electron chi connectivity index (χ3n) is 16.4. The molecule has 2 nitrogen and oxygen atoms in total. The van der Waals surface area contributed by atoms with Gasteiger partial charge < -0.3 is 9.80 Å². The van der Waals surface area contributed by atoms with Gasteiger partial charge in [0.25, 0.3) is 0 Å². The minimum atomic E-state index is -0.159. The first-order valence-electron chi connectivity index (χ1n) is 25.7. The monoisotopic (exact) mass is 930 g/mol. The van der Waals surface area contributed by atoms with Gasteiger partial charge in [-0.3, -0.25) is 0 Å². The molecule has 0 unspecified atom stereocenters. The molecule has 0 fully saturated rings. The van der Waals surface area contributed by atoms with Crippen molar-refractivity contribution in [3.63, 3.8) is 0 Å². The van der Waals surface area contributed by atoms with Gasteiger partial charge in [0.15, 0.2) is 0 Å². The molecule has 0 N–H and O–H groups in total. The number of para-hydroxylation sites is 4. The highest BCUT2D eigenvalue weighted by atomic mass is 15.2. The molecular weight excluding hydrogens is 881 g/mol. The number of hydrogen-bond acceptors (Lipinski definition) is 2. The highest BCUT2D eigenvalue weighted by molar-refractivity contribution is 6.23. The lowest BCUT2D eigenvalue weighted by atomic mass is 9.80. The van der Waals surface area contributed by atoms with Crippen LogP contribution in [0.1, 0.15) is 47.2 Å². The van der Waals surface area contributed by atoms with Crippen molar-refractivity contribution in [1.29, 1.82) is 0 Å². The van der Waals surface area contributed by atoms with Crippen LogP contribution in [0.2, 0.25) is 0 Å². The molecule has 2 heteroatoms. The topological polar surface area (TPSA) is 6.48 Å². The Kier molecular flexibility index (Phi) is 9.16. The third-order valence-corrected chi connectivity index (χ3v) is 16.4. The summed E-state index contributed by atoms with van der Waals surface area (Å²) in [5.74, 6) is 0. The smallest absolute Gasteiger partial charge is 0.0497 e. The Morgan fingerprint density at radius 2 is 0.726 bits per heavy atom. The van der Waals surface area contributed by atoms with E-state index in [0.717, 1.165) is 24.2 Å². The number of nitrogens with zero attached hydrogens (tertiary/aromatic N) is 2. The summed E-state index contributed by atoms with van der Waals surface area (Å²) in [4.78, 5) is 4.99. The summed E-state index contributed by atoms with van der Waals surface area (Å²) in [5, 5.41) is 7.36. The molecule has 0 spiro atoms. The Morgan fingerprint density at radius 1 is 0.301 bits per heavy atom. The van der Waals surface area contributed by atoms with Crippen molar-refractivity contribution in [3.05, 3.63) is 276 Å². The van der Waals surface area contributed by atoms with E-state index in [1.54, 1.807) is 0 Å². The van der Waals surface area contributed by atoms with Crippen LogP contribution in [0.3, 0.4) is 0 Å². The molecule has 0 saturated carbocycles. The van der Waals surface area contributed by atoms with E-state index in [0.29, 0.717) is 0 Å². The largest absolute Gasteiger partial charge is 0.310 e. The zero-order valence-electron chi connectivity index (χ0n) is 40.9. The van der Waals surface area contributed by atoms with Gasteiger partial charge in [-0.1, -0.05) is 190 Å². The van der Waals surface area contributed by atoms with Gasteiger partial charge in [-0.05, 0) is 177 Å². The van der Waals surface area contributed by atoms with Crippen LogP contribution in [-0.4, -0.2) is 0 Å². The zero-order valence-corrected chi connectivity index (χ0v) is 40.9. The van der Waals surface area contributed by atoms with Crippen LogP contribution in [-0.2, 0) is 18.3 Å². The fraction of sp³-hybridized carbons (Fsp3) is 0.0704. The van der Waals surface area contributed by atoms with Crippen LogP contribution >= 0.6 is 0 Å². The van der Waals surface area contributed by atoms with E-state index < -0.39 is 0 Å². The first-order valence-corrected chi connectivity index (χ1v) is 25.7. The summed E-state index contributed by atoms with van der Waals surface area (Å²) in [7, 11) is 0. The van der Waals surface area contributed by atoms with E-state index in [2.05, 4.69) is 266 Å². The molecule has 0 radical (unpaired) electrons. The molecule has 0 saturated heterocycles. The van der Waals surface area contributed by atoms with Crippen molar-refractivity contribution in [2.24, 2.45) is 0 Å². The van der Waals surface area contributed by atoms with Crippen molar-refractivity contribution in [2.45, 2.75) is 32.1 Å². The second-order valence-corrected chi connectivity index (χ2v) is 20.8. The summed E-state index contributed by atoms with van der Waals surface area (Å²) >= 11 is 0. The van der Waals surface area contributed by atoms with Crippen molar-refractivity contribution >= 4 is 66.4 Å². The molecule has 0 amide bonds. The minimum Gasteiger partial charge on any atom is -0.310 e. The average Bonchev–Trinajstić information content (AvgIpc) is 3.67. The van der Waals surface area contributed by atoms with E-state index in [1.165, 1.54) is 133 Å². The SMILES string of the molecule is CC1(C)c2ccccc2-c2ccc(-c3c4ccc(N5c6ccccc6Cc6ccccc65)cc4c(-c4ccc5cc(-c6ccccc6)ccc5c4)c4ccc(N5c6ccccc6Cc6ccccc65)cc34)cc21. The highest BCUT2D eigenvalue weighted by Crippen LogP contribution is 2.54. The Balaban J connectivity index is 1.04. The average molecular weight is 931 g/mol. The standard InChI is InChI=1S/C71H50N2/c1-71(2)63-23-11-10-22-57(63)58-35-32-54(42-64(58)71)70-60-37-34-55(72-65-24-12-6-18-49(65)40-50-19-7-13-25-66(50)72)43-61(60)69(53-31-30-47-38-46(28-29-48(47)39-53)45-16-4-3-5-17-45)59-36-33-56(44-62(59)70)73-67-26-14-8-20-51(67)41-52-21-9-15-27-68(52)73/h3-39,42-44H,40-41H2,1-2H3. The van der Waals surface area contributed by atoms with Gasteiger partial charge in [0.2, 0.25) is 0 Å². The van der Waals surface area contributed by atoms with Crippen molar-refractivity contribution < 1.29 is 0 Å². The molecular formula is C71H50N2. The number of hydrogen-bond donors (Lipinski definition) is 0. The first-order chi connectivity index (χ1) is 35.9. The summed E-state index contributed by atoms with van der Waals surface area (Å²) in [5.41, 5.74) is 25.2. The Labute approximate surface area is 426 Å². The molecule has 73 heavy (non-hydrogen) atoms. The molecule has 2 heterocycles. The third kappa shape index (κ3) is 6.43. The summed E-state index contributed by atoms with van der Waals surface area (Å²) in [6.07, 6.45) is 1.82. The molecule has 344 valence electrons. The molecule has 1 aliphatic carbocycles. The van der Waals surface area contributed by atoms with Crippen molar-refractivity contribution in [1.82, 2.24) is 0 Å². The number of benzene rings is 12. The van der Waals surface area contributed by atoms with Gasteiger partial charge in [0, 0.05) is 52.4 Å². The maximum Gasteiger partial charge on any atom is 0.0497 e. The lowest BCUT2D eigenvalue weighted by Gasteiger charge is -2.34. The van der Waals surface area contributed by atoms with Crippen LogP contribution < -0.4 is 9.80 Å². The van der Waals surface area contributed by atoms with Gasteiger partial charge in [0.1, 0.15) is 0 Å². The molecule has 15 rings (SSSR count). The molecule has 0 bridgehead atoms. The Morgan fingerprint density at radius 3 is 1.27 bits per heavy atom. The fourth-order valence-electron chi connectivity index (χ4n) is 12.9. The lowest BCUT2D eigenvalue weighted by molar-refractivity contribution is 0.660. The van der Waals surface area contributed by atoms with Crippen LogP contribution in [0.15, 0.2) is 243 Å². The second-order valence-electron chi connectivity index (χ2n) is 20.8. The molecule has 12 aromatic carbocycles. The summed E-state index contributed by atoms with van der Waals surface area (Å²) < 4.78 is 0. The van der Waals surface area contributed by atoms with Crippen LogP contribution in [0, 0.1) is 0 Å². The van der Waals surface area contributed by atoms with E-state index in [1.807, 2.05) is 0 Å². The van der Waals surface area contributed by atoms with Gasteiger partial charge >= 0.3 is 0 Å². The van der Waals surface area contributed by atoms with E-state index >= 15 is 0 Å². The molecule has 2 aliphatic heterocycles. The molecule has 12 aromatic rings. The second kappa shape index (κ2) is 16.0. The van der Waals surface area contributed by atoms with Crippen LogP contribution in [0.4, 0.5) is 34.1 Å². The van der Waals surface area contributed by atoms with Crippen LogP contribution in [0.25, 0.3) is 76.8 Å². The predicted molar refractivity (Wildman–Crippen MR) is 308 cm³/mol. The zero-order chi connectivity index (χ0) is 48.4. The van der Waals surface area contributed by atoms with Crippen molar-refractivity contribution in [3.8, 4) is 44.5 Å². The predicted octanol–water partition coefficient (Wildman–Crippen LogP) is 19.2. The van der Waals surface area contributed by atoms with Gasteiger partial charge in [-0.15, -0.1) is 0 Å². The molecule has 3 aliphatic rings. The lowest BCUT2D eigenvalue weighted by Crippen LogP contribution is -2.18.